The molecule has 0 aromatic carbocycles. The highest BCUT2D eigenvalue weighted by atomic mass is 19.1. The van der Waals surface area contributed by atoms with Crippen molar-refractivity contribution in [3.05, 3.63) is 41.4 Å². The standard InChI is InChI=1S/C15H19FN4O/c1-9-10(2)19-15(18-9)13-6-12(21-3)8-20(13)14-5-4-11(16)7-17-14/h4-5,7,12-13H,6,8H2,1-3H3,(H,18,19)/t12-,13+/m1/s1. The van der Waals surface area contributed by atoms with Crippen LogP contribution in [0.4, 0.5) is 10.2 Å². The van der Waals surface area contributed by atoms with Crippen LogP contribution in [0.3, 0.4) is 0 Å². The van der Waals surface area contributed by atoms with E-state index in [2.05, 4.69) is 19.9 Å². The Balaban J connectivity index is 1.94. The van der Waals surface area contributed by atoms with Crippen molar-refractivity contribution in [3.63, 3.8) is 0 Å². The van der Waals surface area contributed by atoms with Crippen LogP contribution in [-0.2, 0) is 4.74 Å². The Morgan fingerprint density at radius 3 is 2.76 bits per heavy atom. The second-order valence-corrected chi connectivity index (χ2v) is 5.43. The Morgan fingerprint density at radius 2 is 2.19 bits per heavy atom. The summed E-state index contributed by atoms with van der Waals surface area (Å²) in [5, 5.41) is 0. The van der Waals surface area contributed by atoms with Crippen LogP contribution in [0, 0.1) is 19.7 Å². The number of anilines is 1. The van der Waals surface area contributed by atoms with E-state index in [4.69, 9.17) is 4.74 Å². The Kier molecular flexibility index (Phi) is 3.63. The SMILES string of the molecule is CO[C@@H]1C[C@@H](c2nc(C)c(C)[nH]2)N(c2ccc(F)cn2)C1. The van der Waals surface area contributed by atoms with E-state index in [0.717, 1.165) is 36.0 Å². The van der Waals surface area contributed by atoms with Crippen molar-refractivity contribution in [2.45, 2.75) is 32.4 Å². The van der Waals surface area contributed by atoms with Gasteiger partial charge in [0.2, 0.25) is 0 Å². The molecule has 0 radical (unpaired) electrons. The topological polar surface area (TPSA) is 54.0 Å². The molecule has 1 aliphatic rings. The zero-order valence-electron chi connectivity index (χ0n) is 12.4. The van der Waals surface area contributed by atoms with Crippen LogP contribution in [-0.4, -0.2) is 34.7 Å². The highest BCUT2D eigenvalue weighted by Crippen LogP contribution is 2.35. The molecule has 2 aromatic heterocycles. The number of rotatable bonds is 3. The molecule has 0 spiro atoms. The third kappa shape index (κ3) is 2.63. The van der Waals surface area contributed by atoms with Gasteiger partial charge in [-0.2, -0.15) is 0 Å². The van der Waals surface area contributed by atoms with Crippen LogP contribution in [0.25, 0.3) is 0 Å². The minimum atomic E-state index is -0.331. The van der Waals surface area contributed by atoms with Gasteiger partial charge in [-0.3, -0.25) is 0 Å². The van der Waals surface area contributed by atoms with Crippen molar-refractivity contribution in [3.8, 4) is 0 Å². The number of H-pyrrole nitrogens is 1. The number of halogens is 1. The number of methoxy groups -OCH3 is 1. The lowest BCUT2D eigenvalue weighted by Crippen LogP contribution is -2.26. The number of aromatic amines is 1. The van der Waals surface area contributed by atoms with Gasteiger partial charge >= 0.3 is 0 Å². The Morgan fingerprint density at radius 1 is 1.38 bits per heavy atom. The number of aryl methyl sites for hydroxylation is 2. The van der Waals surface area contributed by atoms with Crippen LogP contribution in [0.2, 0.25) is 0 Å². The zero-order chi connectivity index (χ0) is 15.0. The molecule has 1 aliphatic heterocycles. The van der Waals surface area contributed by atoms with Gasteiger partial charge in [-0.05, 0) is 26.0 Å². The smallest absolute Gasteiger partial charge is 0.141 e. The first-order chi connectivity index (χ1) is 10.1. The molecule has 3 rings (SSSR count). The van der Waals surface area contributed by atoms with Gasteiger partial charge in [0.15, 0.2) is 0 Å². The fourth-order valence-corrected chi connectivity index (χ4v) is 2.75. The largest absolute Gasteiger partial charge is 0.380 e. The number of pyridine rings is 1. The zero-order valence-corrected chi connectivity index (χ0v) is 12.4. The average molecular weight is 290 g/mol. The Bertz CT molecular complexity index is 606. The van der Waals surface area contributed by atoms with E-state index in [-0.39, 0.29) is 18.0 Å². The van der Waals surface area contributed by atoms with Gasteiger partial charge in [-0.1, -0.05) is 0 Å². The van der Waals surface area contributed by atoms with Crippen LogP contribution in [0.15, 0.2) is 18.3 Å². The van der Waals surface area contributed by atoms with E-state index < -0.39 is 0 Å². The van der Waals surface area contributed by atoms with Crippen molar-refractivity contribution in [1.29, 1.82) is 0 Å². The van der Waals surface area contributed by atoms with Gasteiger partial charge < -0.3 is 14.6 Å². The summed E-state index contributed by atoms with van der Waals surface area (Å²) < 4.78 is 18.6. The first-order valence-electron chi connectivity index (χ1n) is 7.02. The first-order valence-corrected chi connectivity index (χ1v) is 7.02. The predicted molar refractivity (Wildman–Crippen MR) is 77.8 cm³/mol. The summed E-state index contributed by atoms with van der Waals surface area (Å²) in [5.41, 5.74) is 2.07. The van der Waals surface area contributed by atoms with Gasteiger partial charge in [0.1, 0.15) is 17.5 Å². The number of hydrogen-bond acceptors (Lipinski definition) is 4. The molecule has 2 atom stereocenters. The first kappa shape index (κ1) is 14.0. The summed E-state index contributed by atoms with van der Waals surface area (Å²) in [4.78, 5) is 14.2. The van der Waals surface area contributed by atoms with Gasteiger partial charge in [-0.25, -0.2) is 14.4 Å². The quantitative estimate of drug-likeness (QED) is 0.943. The molecule has 1 fully saturated rings. The molecular weight excluding hydrogens is 271 g/mol. The molecule has 1 saturated heterocycles. The fourth-order valence-electron chi connectivity index (χ4n) is 2.75. The highest BCUT2D eigenvalue weighted by molar-refractivity contribution is 5.43. The normalized spacial score (nSPS) is 22.0. The summed E-state index contributed by atoms with van der Waals surface area (Å²) in [5.74, 6) is 1.32. The number of nitrogens with zero attached hydrogens (tertiary/aromatic N) is 3. The van der Waals surface area contributed by atoms with E-state index in [0.29, 0.717) is 0 Å². The maximum Gasteiger partial charge on any atom is 0.141 e. The molecule has 1 N–H and O–H groups in total. The van der Waals surface area contributed by atoms with Gasteiger partial charge in [0, 0.05) is 25.8 Å². The molecule has 6 heteroatoms. The Hall–Kier alpha value is -1.95. The molecular formula is C15H19FN4O. The van der Waals surface area contributed by atoms with Gasteiger partial charge in [-0.15, -0.1) is 0 Å². The van der Waals surface area contributed by atoms with Crippen molar-refractivity contribution in [2.24, 2.45) is 0 Å². The van der Waals surface area contributed by atoms with Crippen molar-refractivity contribution in [1.82, 2.24) is 15.0 Å². The lowest BCUT2D eigenvalue weighted by Gasteiger charge is -2.23. The second-order valence-electron chi connectivity index (χ2n) is 5.43. The summed E-state index contributed by atoms with van der Waals surface area (Å²) in [6.07, 6.45) is 2.19. The minimum absolute atomic E-state index is 0.0697. The van der Waals surface area contributed by atoms with Crippen LogP contribution in [0.5, 0.6) is 0 Å². The van der Waals surface area contributed by atoms with Crippen molar-refractivity contribution >= 4 is 5.82 Å². The maximum absolute atomic E-state index is 13.1. The van der Waals surface area contributed by atoms with Crippen LogP contribution in [0.1, 0.15) is 29.7 Å². The number of ether oxygens (including phenoxy) is 1. The minimum Gasteiger partial charge on any atom is -0.380 e. The number of imidazole rings is 1. The number of aromatic nitrogens is 3. The van der Waals surface area contributed by atoms with Gasteiger partial charge in [0.05, 0.1) is 24.0 Å². The van der Waals surface area contributed by atoms with E-state index in [1.807, 2.05) is 13.8 Å². The molecule has 0 saturated carbocycles. The van der Waals surface area contributed by atoms with Crippen LogP contribution >= 0.6 is 0 Å². The summed E-state index contributed by atoms with van der Waals surface area (Å²) in [6, 6.07) is 3.20. The second kappa shape index (κ2) is 5.44. The van der Waals surface area contributed by atoms with E-state index in [9.17, 15) is 4.39 Å². The van der Waals surface area contributed by atoms with E-state index in [1.165, 1.54) is 12.3 Å². The summed E-state index contributed by atoms with van der Waals surface area (Å²) in [7, 11) is 1.71. The van der Waals surface area contributed by atoms with Crippen molar-refractivity contribution < 1.29 is 9.13 Å². The van der Waals surface area contributed by atoms with Crippen molar-refractivity contribution in [2.75, 3.05) is 18.6 Å². The lowest BCUT2D eigenvalue weighted by atomic mass is 10.2. The molecule has 3 heterocycles. The molecule has 0 aliphatic carbocycles. The average Bonchev–Trinajstić information content (AvgIpc) is 3.04. The predicted octanol–water partition coefficient (Wildman–Crippen LogP) is 2.53. The number of nitrogens with one attached hydrogen (secondary N) is 1. The highest BCUT2D eigenvalue weighted by Gasteiger charge is 2.36. The molecule has 112 valence electrons. The summed E-state index contributed by atoms with van der Waals surface area (Å²) in [6.45, 7) is 4.71. The van der Waals surface area contributed by atoms with E-state index in [1.54, 1.807) is 13.2 Å². The lowest BCUT2D eigenvalue weighted by molar-refractivity contribution is 0.118. The fraction of sp³-hybridized carbons (Fsp3) is 0.467. The van der Waals surface area contributed by atoms with Gasteiger partial charge in [0.25, 0.3) is 0 Å². The summed E-state index contributed by atoms with van der Waals surface area (Å²) >= 11 is 0. The van der Waals surface area contributed by atoms with E-state index >= 15 is 0 Å². The molecule has 0 amide bonds. The molecule has 21 heavy (non-hydrogen) atoms. The molecule has 0 bridgehead atoms. The number of hydrogen-bond donors (Lipinski definition) is 1. The Labute approximate surface area is 123 Å². The van der Waals surface area contributed by atoms with Crippen LogP contribution < -0.4 is 4.90 Å². The maximum atomic E-state index is 13.1. The molecule has 2 aromatic rings. The molecule has 0 unspecified atom stereocenters. The molecule has 5 nitrogen and oxygen atoms in total. The third-order valence-electron chi connectivity index (χ3n) is 4.06. The monoisotopic (exact) mass is 290 g/mol. The third-order valence-corrected chi connectivity index (χ3v) is 4.06.